The molecule has 0 fully saturated rings. The quantitative estimate of drug-likeness (QED) is 0.696. The Labute approximate surface area is 109 Å². The highest BCUT2D eigenvalue weighted by Crippen LogP contribution is 2.46. The second-order valence-corrected chi connectivity index (χ2v) is 4.55. The maximum atomic E-state index is 13.3. The predicted octanol–water partition coefficient (Wildman–Crippen LogP) is 4.72. The van der Waals surface area contributed by atoms with E-state index in [0.717, 1.165) is 5.56 Å². The van der Waals surface area contributed by atoms with Crippen LogP contribution in [0.25, 0.3) is 11.1 Å². The maximum Gasteiger partial charge on any atom is 0.417 e. The van der Waals surface area contributed by atoms with E-state index in [0.29, 0.717) is 23.1 Å². The van der Waals surface area contributed by atoms with Crippen molar-refractivity contribution in [3.8, 4) is 0 Å². The second kappa shape index (κ2) is 4.26. The maximum absolute atomic E-state index is 13.3. The fraction of sp³-hybridized carbons (Fsp3) is 0.125. The van der Waals surface area contributed by atoms with Gasteiger partial charge in [-0.25, -0.2) is 0 Å². The van der Waals surface area contributed by atoms with Crippen molar-refractivity contribution in [2.45, 2.75) is 12.6 Å². The molecule has 3 rings (SSSR count). The monoisotopic (exact) mass is 260 g/mol. The molecule has 0 saturated heterocycles. The highest BCUT2D eigenvalue weighted by molar-refractivity contribution is 5.98. The second-order valence-electron chi connectivity index (χ2n) is 4.55. The van der Waals surface area contributed by atoms with Crippen molar-refractivity contribution in [2.24, 2.45) is 0 Å². The van der Waals surface area contributed by atoms with Crippen molar-refractivity contribution >= 4 is 11.1 Å². The molecule has 0 spiro atoms. The first kappa shape index (κ1) is 12.0. The Bertz CT molecular complexity index is 637. The van der Waals surface area contributed by atoms with E-state index in [-0.39, 0.29) is 0 Å². The van der Waals surface area contributed by atoms with Crippen LogP contribution in [0.2, 0.25) is 0 Å². The van der Waals surface area contributed by atoms with Gasteiger partial charge in [0.2, 0.25) is 0 Å². The Kier molecular flexibility index (Phi) is 2.70. The number of halogens is 3. The zero-order valence-corrected chi connectivity index (χ0v) is 10.0. The molecular formula is C16H11F3. The van der Waals surface area contributed by atoms with Gasteiger partial charge in [-0.05, 0) is 28.7 Å². The summed E-state index contributed by atoms with van der Waals surface area (Å²) in [7, 11) is 0. The number of alkyl halides is 3. The number of hydrogen-bond donors (Lipinski definition) is 0. The first-order chi connectivity index (χ1) is 9.07. The molecule has 0 unspecified atom stereocenters. The molecule has 0 N–H and O–H groups in total. The van der Waals surface area contributed by atoms with Crippen LogP contribution in [0, 0.1) is 0 Å². The Hall–Kier alpha value is -2.03. The van der Waals surface area contributed by atoms with Crippen molar-refractivity contribution < 1.29 is 13.2 Å². The van der Waals surface area contributed by atoms with E-state index in [2.05, 4.69) is 0 Å². The van der Waals surface area contributed by atoms with Crippen molar-refractivity contribution in [1.82, 2.24) is 0 Å². The van der Waals surface area contributed by atoms with Crippen LogP contribution in [-0.4, -0.2) is 6.18 Å². The molecular weight excluding hydrogens is 249 g/mol. The van der Waals surface area contributed by atoms with Gasteiger partial charge in [0.05, 0.1) is 5.57 Å². The van der Waals surface area contributed by atoms with Gasteiger partial charge in [-0.2, -0.15) is 13.2 Å². The van der Waals surface area contributed by atoms with Crippen LogP contribution in [0.4, 0.5) is 13.2 Å². The van der Waals surface area contributed by atoms with Crippen LogP contribution in [0.1, 0.15) is 16.7 Å². The lowest BCUT2D eigenvalue weighted by Gasteiger charge is -2.12. The topological polar surface area (TPSA) is 0 Å². The largest absolute Gasteiger partial charge is 0.417 e. The fourth-order valence-electron chi connectivity index (χ4n) is 2.57. The van der Waals surface area contributed by atoms with Crippen LogP contribution in [0.5, 0.6) is 0 Å². The fourth-order valence-corrected chi connectivity index (χ4v) is 2.57. The van der Waals surface area contributed by atoms with Crippen LogP contribution >= 0.6 is 0 Å². The molecule has 96 valence electrons. The first-order valence-electron chi connectivity index (χ1n) is 6.01. The summed E-state index contributed by atoms with van der Waals surface area (Å²) in [6.07, 6.45) is -3.98. The number of allylic oxidation sites excluding steroid dienone is 2. The molecule has 0 aliphatic heterocycles. The Morgan fingerprint density at radius 1 is 0.789 bits per heavy atom. The van der Waals surface area contributed by atoms with Crippen LogP contribution in [0.3, 0.4) is 0 Å². The molecule has 1 aliphatic carbocycles. The summed E-state index contributed by atoms with van der Waals surface area (Å²) in [5, 5.41) is 0. The molecule has 0 bridgehead atoms. The molecule has 1 aliphatic rings. The van der Waals surface area contributed by atoms with Crippen LogP contribution in [0.15, 0.2) is 54.6 Å². The van der Waals surface area contributed by atoms with Gasteiger partial charge in [-0.3, -0.25) is 0 Å². The lowest BCUT2D eigenvalue weighted by molar-refractivity contribution is -0.0683. The highest BCUT2D eigenvalue weighted by atomic mass is 19.4. The van der Waals surface area contributed by atoms with E-state index in [9.17, 15) is 13.2 Å². The number of hydrogen-bond acceptors (Lipinski definition) is 0. The van der Waals surface area contributed by atoms with Gasteiger partial charge in [0.1, 0.15) is 0 Å². The van der Waals surface area contributed by atoms with Crippen LogP contribution < -0.4 is 0 Å². The molecule has 0 radical (unpaired) electrons. The minimum atomic E-state index is -4.32. The molecule has 0 aromatic heterocycles. The molecule has 2 aromatic rings. The molecule has 0 nitrogen and oxygen atoms in total. The smallest absolute Gasteiger partial charge is 0.166 e. The third kappa shape index (κ3) is 2.05. The summed E-state index contributed by atoms with van der Waals surface area (Å²) in [5.74, 6) is 0. The van der Waals surface area contributed by atoms with Gasteiger partial charge in [0, 0.05) is 0 Å². The molecule has 0 heterocycles. The van der Waals surface area contributed by atoms with E-state index in [4.69, 9.17) is 0 Å². The summed E-state index contributed by atoms with van der Waals surface area (Å²) < 4.78 is 40.0. The zero-order chi connectivity index (χ0) is 13.5. The van der Waals surface area contributed by atoms with Crippen LogP contribution in [-0.2, 0) is 6.42 Å². The number of benzene rings is 2. The molecule has 19 heavy (non-hydrogen) atoms. The molecule has 0 saturated carbocycles. The van der Waals surface area contributed by atoms with Crippen molar-refractivity contribution in [3.63, 3.8) is 0 Å². The Balaban J connectivity index is 2.22. The minimum absolute atomic E-state index is 0.314. The zero-order valence-electron chi connectivity index (χ0n) is 10.0. The summed E-state index contributed by atoms with van der Waals surface area (Å²) >= 11 is 0. The molecule has 2 aromatic carbocycles. The van der Waals surface area contributed by atoms with Crippen molar-refractivity contribution in [1.29, 1.82) is 0 Å². The summed E-state index contributed by atoms with van der Waals surface area (Å²) in [4.78, 5) is 0. The lowest BCUT2D eigenvalue weighted by atomic mass is 10.00. The van der Waals surface area contributed by atoms with E-state index in [1.165, 1.54) is 0 Å². The molecule has 3 heteroatoms. The van der Waals surface area contributed by atoms with Gasteiger partial charge in [-0.15, -0.1) is 0 Å². The summed E-state index contributed by atoms with van der Waals surface area (Å²) in [6, 6.07) is 15.5. The van der Waals surface area contributed by atoms with Gasteiger partial charge < -0.3 is 0 Å². The van der Waals surface area contributed by atoms with Gasteiger partial charge >= 0.3 is 6.18 Å². The van der Waals surface area contributed by atoms with Gasteiger partial charge in [0.25, 0.3) is 0 Å². The van der Waals surface area contributed by atoms with E-state index < -0.39 is 11.7 Å². The summed E-state index contributed by atoms with van der Waals surface area (Å²) in [6.45, 7) is 0. The first-order valence-corrected chi connectivity index (χ1v) is 6.01. The standard InChI is InChI=1S/C16H11F3/c17-16(18,19)15-13-9-5-4-8-12(13)10-14(15)11-6-2-1-3-7-11/h1-9H,10H2. The minimum Gasteiger partial charge on any atom is -0.166 e. The summed E-state index contributed by atoms with van der Waals surface area (Å²) in [5.41, 5.74) is 1.58. The number of rotatable bonds is 1. The molecule has 0 atom stereocenters. The van der Waals surface area contributed by atoms with E-state index in [1.54, 1.807) is 54.6 Å². The average Bonchev–Trinajstić information content (AvgIpc) is 2.79. The van der Waals surface area contributed by atoms with Gasteiger partial charge in [-0.1, -0.05) is 54.6 Å². The van der Waals surface area contributed by atoms with Crippen molar-refractivity contribution in [3.05, 3.63) is 71.3 Å². The third-order valence-corrected chi connectivity index (χ3v) is 3.36. The highest BCUT2D eigenvalue weighted by Gasteiger charge is 2.41. The van der Waals surface area contributed by atoms with E-state index >= 15 is 0 Å². The van der Waals surface area contributed by atoms with E-state index in [1.807, 2.05) is 0 Å². The predicted molar refractivity (Wildman–Crippen MR) is 69.5 cm³/mol. The van der Waals surface area contributed by atoms with Crippen molar-refractivity contribution in [2.75, 3.05) is 0 Å². The lowest BCUT2D eigenvalue weighted by Crippen LogP contribution is -2.10. The normalized spacial score (nSPS) is 14.7. The number of fused-ring (bicyclic) bond motifs is 1. The Morgan fingerprint density at radius 3 is 2.11 bits per heavy atom. The SMILES string of the molecule is FC(F)(F)C1=C(c2ccccc2)Cc2ccccc21. The average molecular weight is 260 g/mol. The molecule has 0 amide bonds. The Morgan fingerprint density at radius 2 is 1.42 bits per heavy atom. The van der Waals surface area contributed by atoms with Gasteiger partial charge in [0.15, 0.2) is 0 Å². The third-order valence-electron chi connectivity index (χ3n) is 3.36.